The molecule has 2 heterocycles. The molecule has 0 saturated carbocycles. The maximum atomic E-state index is 13.3. The van der Waals surface area contributed by atoms with Gasteiger partial charge in [-0.15, -0.1) is 0 Å². The van der Waals surface area contributed by atoms with Gasteiger partial charge in [0.25, 0.3) is 0 Å². The lowest BCUT2D eigenvalue weighted by Gasteiger charge is -2.07. The highest BCUT2D eigenvalue weighted by Crippen LogP contribution is 2.25. The van der Waals surface area contributed by atoms with Crippen molar-refractivity contribution >= 4 is 5.78 Å². The highest BCUT2D eigenvalue weighted by Gasteiger charge is 2.10. The SMILES string of the molecule is FCc1cc(F)ccc1-c1cnc2nc(COc3ccc(F)cc3)cn2c1. The third-order valence-electron chi connectivity index (χ3n) is 4.08. The predicted octanol–water partition coefficient (Wildman–Crippen LogP) is 4.72. The summed E-state index contributed by atoms with van der Waals surface area (Å²) < 4.78 is 46.7. The normalized spacial score (nSPS) is 11.1. The summed E-state index contributed by atoms with van der Waals surface area (Å²) in [7, 11) is 0. The van der Waals surface area contributed by atoms with Crippen LogP contribution in [0.4, 0.5) is 13.2 Å². The second-order valence-corrected chi connectivity index (χ2v) is 5.96. The first-order valence-corrected chi connectivity index (χ1v) is 8.19. The average molecular weight is 369 g/mol. The molecule has 0 aliphatic rings. The number of hydrogen-bond donors (Lipinski definition) is 0. The van der Waals surface area contributed by atoms with Crippen molar-refractivity contribution in [1.82, 2.24) is 14.4 Å². The first-order chi connectivity index (χ1) is 13.1. The maximum absolute atomic E-state index is 13.3. The third-order valence-corrected chi connectivity index (χ3v) is 4.08. The molecule has 0 aliphatic heterocycles. The standard InChI is InChI=1S/C20H14F3N3O/c21-8-13-7-16(23)3-6-19(13)14-9-24-20-25-17(11-26(20)10-14)12-27-18-4-1-15(22)2-5-18/h1-7,9-11H,8,12H2. The average Bonchev–Trinajstić information content (AvgIpc) is 3.09. The zero-order valence-electron chi connectivity index (χ0n) is 14.1. The van der Waals surface area contributed by atoms with E-state index in [2.05, 4.69) is 9.97 Å². The Morgan fingerprint density at radius 3 is 2.52 bits per heavy atom. The molecule has 0 saturated heterocycles. The molecule has 0 spiro atoms. The summed E-state index contributed by atoms with van der Waals surface area (Å²) in [6.45, 7) is -0.581. The summed E-state index contributed by atoms with van der Waals surface area (Å²) in [6.07, 6.45) is 5.07. The van der Waals surface area contributed by atoms with E-state index in [-0.39, 0.29) is 18.0 Å². The van der Waals surface area contributed by atoms with Gasteiger partial charge in [0.15, 0.2) is 0 Å². The summed E-state index contributed by atoms with van der Waals surface area (Å²) in [5.74, 6) is 0.171. The van der Waals surface area contributed by atoms with Gasteiger partial charge >= 0.3 is 0 Å². The fraction of sp³-hybridized carbons (Fsp3) is 0.100. The molecule has 4 aromatic rings. The number of alkyl halides is 1. The largest absolute Gasteiger partial charge is 0.487 e. The summed E-state index contributed by atoms with van der Waals surface area (Å²) in [5.41, 5.74) is 2.12. The number of aromatic nitrogens is 3. The van der Waals surface area contributed by atoms with Crippen LogP contribution in [0.2, 0.25) is 0 Å². The first kappa shape index (κ1) is 17.1. The minimum absolute atomic E-state index is 0.191. The molecule has 0 unspecified atom stereocenters. The Hall–Kier alpha value is -3.35. The molecule has 4 rings (SSSR count). The highest BCUT2D eigenvalue weighted by atomic mass is 19.1. The van der Waals surface area contributed by atoms with Crippen LogP contribution in [0.15, 0.2) is 61.1 Å². The molecule has 0 bridgehead atoms. The van der Waals surface area contributed by atoms with Crippen molar-refractivity contribution in [1.29, 1.82) is 0 Å². The lowest BCUT2D eigenvalue weighted by atomic mass is 10.0. The minimum Gasteiger partial charge on any atom is -0.487 e. The third kappa shape index (κ3) is 3.62. The fourth-order valence-corrected chi connectivity index (χ4v) is 2.79. The summed E-state index contributed by atoms with van der Waals surface area (Å²) in [5, 5.41) is 0. The van der Waals surface area contributed by atoms with E-state index in [1.165, 1.54) is 42.5 Å². The zero-order valence-corrected chi connectivity index (χ0v) is 14.1. The van der Waals surface area contributed by atoms with Gasteiger partial charge < -0.3 is 4.74 Å². The number of hydrogen-bond acceptors (Lipinski definition) is 3. The second-order valence-electron chi connectivity index (χ2n) is 5.96. The Kier molecular flexibility index (Phi) is 4.50. The van der Waals surface area contributed by atoms with Gasteiger partial charge in [-0.25, -0.2) is 23.1 Å². The lowest BCUT2D eigenvalue weighted by Crippen LogP contribution is -1.95. The quantitative estimate of drug-likeness (QED) is 0.511. The number of imidazole rings is 1. The Balaban J connectivity index is 1.59. The maximum Gasteiger partial charge on any atom is 0.234 e. The van der Waals surface area contributed by atoms with Crippen LogP contribution in [0, 0.1) is 11.6 Å². The topological polar surface area (TPSA) is 39.4 Å². The van der Waals surface area contributed by atoms with Crippen molar-refractivity contribution in [3.63, 3.8) is 0 Å². The van der Waals surface area contributed by atoms with Crippen LogP contribution in [0.1, 0.15) is 11.3 Å². The van der Waals surface area contributed by atoms with Gasteiger partial charge in [0.1, 0.15) is 30.7 Å². The van der Waals surface area contributed by atoms with Crippen LogP contribution in [0.3, 0.4) is 0 Å². The Morgan fingerprint density at radius 1 is 0.963 bits per heavy atom. The van der Waals surface area contributed by atoms with E-state index in [0.717, 1.165) is 0 Å². The number of ether oxygens (including phenoxy) is 1. The summed E-state index contributed by atoms with van der Waals surface area (Å²) in [4.78, 5) is 8.63. The van der Waals surface area contributed by atoms with Crippen molar-refractivity contribution in [2.75, 3.05) is 0 Å². The van der Waals surface area contributed by atoms with Crippen LogP contribution in [-0.4, -0.2) is 14.4 Å². The van der Waals surface area contributed by atoms with Crippen LogP contribution in [0.5, 0.6) is 5.75 Å². The van der Waals surface area contributed by atoms with Gasteiger partial charge in [0.2, 0.25) is 5.78 Å². The van der Waals surface area contributed by atoms with E-state index >= 15 is 0 Å². The molecule has 0 N–H and O–H groups in total. The van der Waals surface area contributed by atoms with Gasteiger partial charge in [-0.1, -0.05) is 6.07 Å². The number of rotatable bonds is 5. The molecular weight excluding hydrogens is 355 g/mol. The summed E-state index contributed by atoms with van der Waals surface area (Å²) >= 11 is 0. The zero-order chi connectivity index (χ0) is 18.8. The van der Waals surface area contributed by atoms with Gasteiger partial charge in [0, 0.05) is 24.2 Å². The number of halogens is 3. The van der Waals surface area contributed by atoms with Crippen LogP contribution in [0.25, 0.3) is 16.9 Å². The summed E-state index contributed by atoms with van der Waals surface area (Å²) in [6, 6.07) is 9.70. The molecular formula is C20H14F3N3O. The van der Waals surface area contributed by atoms with E-state index < -0.39 is 12.5 Å². The molecule has 136 valence electrons. The number of benzene rings is 2. The molecule has 0 aliphatic carbocycles. The monoisotopic (exact) mass is 369 g/mol. The molecule has 2 aromatic heterocycles. The fourth-order valence-electron chi connectivity index (χ4n) is 2.79. The van der Waals surface area contributed by atoms with E-state index in [4.69, 9.17) is 4.74 Å². The van der Waals surface area contributed by atoms with Gasteiger partial charge in [-0.05, 0) is 47.5 Å². The smallest absolute Gasteiger partial charge is 0.234 e. The molecule has 0 amide bonds. The predicted molar refractivity (Wildman–Crippen MR) is 93.9 cm³/mol. The number of fused-ring (bicyclic) bond motifs is 1. The van der Waals surface area contributed by atoms with E-state index in [1.54, 1.807) is 23.0 Å². The first-order valence-electron chi connectivity index (χ1n) is 8.19. The second kappa shape index (κ2) is 7.11. The molecule has 7 heteroatoms. The molecule has 0 fully saturated rings. The van der Waals surface area contributed by atoms with Crippen molar-refractivity contribution in [3.8, 4) is 16.9 Å². The molecule has 0 atom stereocenters. The number of nitrogens with zero attached hydrogens (tertiary/aromatic N) is 3. The Bertz CT molecular complexity index is 1090. The van der Waals surface area contributed by atoms with Gasteiger partial charge in [-0.2, -0.15) is 0 Å². The Labute approximate surface area is 152 Å². The lowest BCUT2D eigenvalue weighted by molar-refractivity contribution is 0.301. The molecule has 2 aromatic carbocycles. The molecule has 4 nitrogen and oxygen atoms in total. The van der Waals surface area contributed by atoms with Crippen molar-refractivity contribution in [2.24, 2.45) is 0 Å². The van der Waals surface area contributed by atoms with Crippen molar-refractivity contribution < 1.29 is 17.9 Å². The van der Waals surface area contributed by atoms with E-state index in [0.29, 0.717) is 28.3 Å². The van der Waals surface area contributed by atoms with Crippen molar-refractivity contribution in [2.45, 2.75) is 13.3 Å². The molecule has 0 radical (unpaired) electrons. The van der Waals surface area contributed by atoms with Crippen molar-refractivity contribution in [3.05, 3.63) is 83.9 Å². The van der Waals surface area contributed by atoms with Crippen LogP contribution < -0.4 is 4.74 Å². The minimum atomic E-state index is -0.772. The Morgan fingerprint density at radius 2 is 1.74 bits per heavy atom. The van der Waals surface area contributed by atoms with E-state index in [1.807, 2.05) is 0 Å². The van der Waals surface area contributed by atoms with Crippen LogP contribution in [-0.2, 0) is 13.3 Å². The molecule has 27 heavy (non-hydrogen) atoms. The van der Waals surface area contributed by atoms with Gasteiger partial charge in [-0.3, -0.25) is 4.40 Å². The van der Waals surface area contributed by atoms with Crippen LogP contribution >= 0.6 is 0 Å². The highest BCUT2D eigenvalue weighted by molar-refractivity contribution is 5.66. The van der Waals surface area contributed by atoms with E-state index in [9.17, 15) is 13.2 Å². The van der Waals surface area contributed by atoms with Gasteiger partial charge in [0.05, 0.1) is 5.69 Å².